The van der Waals surface area contributed by atoms with E-state index in [9.17, 15) is 4.79 Å². The largest absolute Gasteiger partial charge is 0.441 e. The van der Waals surface area contributed by atoms with Gasteiger partial charge in [0.2, 0.25) is 0 Å². The first-order chi connectivity index (χ1) is 10.6. The Balaban J connectivity index is 1.85. The second kappa shape index (κ2) is 6.06. The Morgan fingerprint density at radius 2 is 2.27 bits per heavy atom. The second-order valence-corrected chi connectivity index (χ2v) is 6.06. The van der Waals surface area contributed by atoms with Crippen molar-refractivity contribution in [2.24, 2.45) is 0 Å². The zero-order valence-corrected chi connectivity index (χ0v) is 13.7. The first-order valence-corrected chi connectivity index (χ1v) is 8.06. The molecule has 3 aromatic rings. The molecule has 0 saturated carbocycles. The number of nitrogens with one attached hydrogen (secondary N) is 1. The summed E-state index contributed by atoms with van der Waals surface area (Å²) in [5, 5.41) is 3.80. The maximum Gasteiger partial charge on any atom is 0.256 e. The third kappa shape index (κ3) is 2.84. The zero-order valence-electron chi connectivity index (χ0n) is 12.1. The van der Waals surface area contributed by atoms with Gasteiger partial charge in [-0.25, -0.2) is 4.98 Å². The summed E-state index contributed by atoms with van der Waals surface area (Å²) in [5.74, 6) is 0.448. The number of oxazole rings is 1. The summed E-state index contributed by atoms with van der Waals surface area (Å²) >= 11 is 7.24. The highest BCUT2D eigenvalue weighted by molar-refractivity contribution is 7.11. The average molecular weight is 336 g/mol. The predicted octanol–water partition coefficient (Wildman–Crippen LogP) is 4.45. The first kappa shape index (κ1) is 15.0. The lowest BCUT2D eigenvalue weighted by Gasteiger charge is -2.02. The Hall–Kier alpha value is -1.92. The maximum atomic E-state index is 12.3. The fraction of sp³-hybridized carbons (Fsp3) is 0.267. The van der Waals surface area contributed by atoms with Gasteiger partial charge >= 0.3 is 0 Å². The summed E-state index contributed by atoms with van der Waals surface area (Å²) < 4.78 is 9.72. The molecule has 0 fully saturated rings. The highest BCUT2D eigenvalue weighted by Crippen LogP contribution is 2.30. The number of fused-ring (bicyclic) bond motifs is 1. The molecule has 5 nitrogen and oxygen atoms in total. The number of aryl methyl sites for hydroxylation is 2. The van der Waals surface area contributed by atoms with Gasteiger partial charge in [-0.15, -0.1) is 0 Å². The number of anilines is 1. The monoisotopic (exact) mass is 335 g/mol. The van der Waals surface area contributed by atoms with Crippen LogP contribution in [-0.4, -0.2) is 15.3 Å². The molecule has 2 heterocycles. The molecular weight excluding hydrogens is 322 g/mol. The van der Waals surface area contributed by atoms with E-state index in [0.29, 0.717) is 38.3 Å². The molecule has 2 aromatic heterocycles. The molecule has 0 radical (unpaired) electrons. The lowest BCUT2D eigenvalue weighted by Crippen LogP contribution is -2.11. The van der Waals surface area contributed by atoms with Gasteiger partial charge < -0.3 is 9.73 Å². The third-order valence-electron chi connectivity index (χ3n) is 3.18. The van der Waals surface area contributed by atoms with Crippen molar-refractivity contribution in [2.45, 2.75) is 26.7 Å². The SMILES string of the molecule is CCCc1nc2cc(C(=O)Nc3snc(C)c3Cl)ccc2o1. The molecule has 1 N–H and O–H groups in total. The molecule has 0 spiro atoms. The Morgan fingerprint density at radius 3 is 2.95 bits per heavy atom. The smallest absolute Gasteiger partial charge is 0.256 e. The van der Waals surface area contributed by atoms with E-state index in [0.717, 1.165) is 12.8 Å². The minimum Gasteiger partial charge on any atom is -0.441 e. The number of rotatable bonds is 4. The molecule has 1 aromatic carbocycles. The van der Waals surface area contributed by atoms with Crippen LogP contribution < -0.4 is 5.32 Å². The highest BCUT2D eigenvalue weighted by atomic mass is 35.5. The number of hydrogen-bond donors (Lipinski definition) is 1. The molecular formula is C15H14ClN3O2S. The molecule has 0 aliphatic rings. The highest BCUT2D eigenvalue weighted by Gasteiger charge is 2.14. The summed E-state index contributed by atoms with van der Waals surface area (Å²) in [5.41, 5.74) is 2.58. The predicted molar refractivity (Wildman–Crippen MR) is 87.8 cm³/mol. The van der Waals surface area contributed by atoms with Crippen LogP contribution >= 0.6 is 23.1 Å². The number of benzene rings is 1. The Bertz CT molecular complexity index is 841. The second-order valence-electron chi connectivity index (χ2n) is 4.91. The van der Waals surface area contributed by atoms with Gasteiger partial charge in [0.25, 0.3) is 5.91 Å². The van der Waals surface area contributed by atoms with Crippen molar-refractivity contribution in [2.75, 3.05) is 5.32 Å². The van der Waals surface area contributed by atoms with Crippen molar-refractivity contribution in [3.8, 4) is 0 Å². The van der Waals surface area contributed by atoms with E-state index in [2.05, 4.69) is 21.6 Å². The number of aromatic nitrogens is 2. The molecule has 0 unspecified atom stereocenters. The van der Waals surface area contributed by atoms with Gasteiger partial charge in [0, 0.05) is 12.0 Å². The average Bonchev–Trinajstić information content (AvgIpc) is 3.04. The van der Waals surface area contributed by atoms with Crippen LogP contribution in [0.1, 0.15) is 35.3 Å². The van der Waals surface area contributed by atoms with Gasteiger partial charge in [0.15, 0.2) is 11.5 Å². The molecule has 0 aliphatic carbocycles. The Morgan fingerprint density at radius 1 is 1.45 bits per heavy atom. The molecule has 0 aliphatic heterocycles. The van der Waals surface area contributed by atoms with Gasteiger partial charge in [-0.3, -0.25) is 4.79 Å². The molecule has 114 valence electrons. The molecule has 22 heavy (non-hydrogen) atoms. The molecule has 3 rings (SSSR count). The maximum absolute atomic E-state index is 12.3. The number of carbonyl (C=O) groups excluding carboxylic acids is 1. The van der Waals surface area contributed by atoms with Crippen molar-refractivity contribution in [1.29, 1.82) is 0 Å². The summed E-state index contributed by atoms with van der Waals surface area (Å²) in [7, 11) is 0. The van der Waals surface area contributed by atoms with Gasteiger partial charge in [-0.2, -0.15) is 4.37 Å². The topological polar surface area (TPSA) is 68.0 Å². The Labute approximate surface area is 136 Å². The summed E-state index contributed by atoms with van der Waals surface area (Å²) in [6.07, 6.45) is 1.75. The summed E-state index contributed by atoms with van der Waals surface area (Å²) in [6, 6.07) is 5.19. The number of halogens is 1. The lowest BCUT2D eigenvalue weighted by atomic mass is 10.2. The van der Waals surface area contributed by atoms with Crippen LogP contribution in [0.5, 0.6) is 0 Å². The standard InChI is InChI=1S/C15H14ClN3O2S/c1-3-4-12-17-10-7-9(5-6-11(10)21-12)14(20)18-15-13(16)8(2)19-22-15/h5-7H,3-4H2,1-2H3,(H,18,20). The minimum atomic E-state index is -0.243. The third-order valence-corrected chi connectivity index (χ3v) is 4.60. The number of carbonyl (C=O) groups is 1. The minimum absolute atomic E-state index is 0.243. The quantitative estimate of drug-likeness (QED) is 0.764. The van der Waals surface area contributed by atoms with E-state index in [1.165, 1.54) is 11.5 Å². The van der Waals surface area contributed by atoms with Crippen LogP contribution in [0.2, 0.25) is 5.02 Å². The van der Waals surface area contributed by atoms with Gasteiger partial charge in [-0.05, 0) is 43.1 Å². The zero-order chi connectivity index (χ0) is 15.7. The van der Waals surface area contributed by atoms with E-state index in [1.54, 1.807) is 25.1 Å². The van der Waals surface area contributed by atoms with E-state index in [4.69, 9.17) is 16.0 Å². The number of hydrogen-bond acceptors (Lipinski definition) is 5. The van der Waals surface area contributed by atoms with Crippen molar-refractivity contribution in [3.63, 3.8) is 0 Å². The van der Waals surface area contributed by atoms with E-state index in [-0.39, 0.29) is 5.91 Å². The fourth-order valence-electron chi connectivity index (χ4n) is 2.05. The van der Waals surface area contributed by atoms with E-state index in [1.807, 2.05) is 0 Å². The molecule has 0 bridgehead atoms. The van der Waals surface area contributed by atoms with Crippen LogP contribution in [0.3, 0.4) is 0 Å². The van der Waals surface area contributed by atoms with Crippen LogP contribution in [-0.2, 0) is 6.42 Å². The normalized spacial score (nSPS) is 11.0. The molecule has 0 saturated heterocycles. The Kier molecular flexibility index (Phi) is 4.13. The van der Waals surface area contributed by atoms with Crippen LogP contribution in [0.25, 0.3) is 11.1 Å². The lowest BCUT2D eigenvalue weighted by molar-refractivity contribution is 0.102. The number of nitrogens with zero attached hydrogens (tertiary/aromatic N) is 2. The van der Waals surface area contributed by atoms with E-state index >= 15 is 0 Å². The van der Waals surface area contributed by atoms with Crippen molar-refractivity contribution in [1.82, 2.24) is 9.36 Å². The van der Waals surface area contributed by atoms with Crippen LogP contribution in [0.15, 0.2) is 22.6 Å². The summed E-state index contributed by atoms with van der Waals surface area (Å²) in [6.45, 7) is 3.86. The van der Waals surface area contributed by atoms with Crippen molar-refractivity contribution in [3.05, 3.63) is 40.4 Å². The van der Waals surface area contributed by atoms with Gasteiger partial charge in [0.05, 0.1) is 10.7 Å². The summed E-state index contributed by atoms with van der Waals surface area (Å²) in [4.78, 5) is 16.7. The van der Waals surface area contributed by atoms with E-state index < -0.39 is 0 Å². The fourth-order valence-corrected chi connectivity index (χ4v) is 2.98. The van der Waals surface area contributed by atoms with Gasteiger partial charge in [0.1, 0.15) is 10.5 Å². The van der Waals surface area contributed by atoms with Crippen LogP contribution in [0.4, 0.5) is 5.00 Å². The molecule has 0 atom stereocenters. The van der Waals surface area contributed by atoms with Crippen LogP contribution in [0, 0.1) is 6.92 Å². The van der Waals surface area contributed by atoms with Crippen molar-refractivity contribution < 1.29 is 9.21 Å². The number of amides is 1. The van der Waals surface area contributed by atoms with Crippen molar-refractivity contribution >= 4 is 45.1 Å². The molecule has 7 heteroatoms. The first-order valence-electron chi connectivity index (χ1n) is 6.91. The van der Waals surface area contributed by atoms with Gasteiger partial charge in [-0.1, -0.05) is 18.5 Å². The molecule has 1 amide bonds.